The Hall–Kier alpha value is -0.780. The summed E-state index contributed by atoms with van der Waals surface area (Å²) in [6.45, 7) is 0.280. The summed E-state index contributed by atoms with van der Waals surface area (Å²) in [5, 5.41) is 12.4. The standard InChI is InChI=1S/C8H11ClN2O2S/c9-6-1-2-7(14-6)11-5(4-10)3-8(12)13/h1-2,5,11H,3-4,10H2,(H,12,13). The lowest BCUT2D eigenvalue weighted by molar-refractivity contribution is -0.137. The third-order valence-electron chi connectivity index (χ3n) is 1.63. The second-order valence-electron chi connectivity index (χ2n) is 2.78. The molecule has 0 radical (unpaired) electrons. The van der Waals surface area contributed by atoms with Gasteiger partial charge in [0.05, 0.1) is 15.8 Å². The van der Waals surface area contributed by atoms with Gasteiger partial charge in [0.25, 0.3) is 0 Å². The average molecular weight is 235 g/mol. The molecule has 0 aliphatic heterocycles. The normalized spacial score (nSPS) is 12.4. The number of carboxylic acid groups (broad SMARTS) is 1. The quantitative estimate of drug-likeness (QED) is 0.724. The molecule has 0 amide bonds. The van der Waals surface area contributed by atoms with Crippen LogP contribution in [0.15, 0.2) is 12.1 Å². The minimum atomic E-state index is -0.865. The Bertz CT molecular complexity index is 316. The first-order valence-electron chi connectivity index (χ1n) is 4.05. The number of halogens is 1. The van der Waals surface area contributed by atoms with Crippen LogP contribution in [-0.4, -0.2) is 23.7 Å². The predicted molar refractivity (Wildman–Crippen MR) is 58.0 cm³/mol. The van der Waals surface area contributed by atoms with Crippen LogP contribution in [0.3, 0.4) is 0 Å². The lowest BCUT2D eigenvalue weighted by atomic mass is 10.2. The van der Waals surface area contributed by atoms with E-state index in [1.165, 1.54) is 11.3 Å². The molecule has 78 valence electrons. The lowest BCUT2D eigenvalue weighted by Crippen LogP contribution is -2.30. The molecule has 14 heavy (non-hydrogen) atoms. The predicted octanol–water partition coefficient (Wildman–Crippen LogP) is 1.62. The van der Waals surface area contributed by atoms with E-state index in [2.05, 4.69) is 5.32 Å². The van der Waals surface area contributed by atoms with Gasteiger partial charge in [-0.15, -0.1) is 11.3 Å². The molecule has 1 heterocycles. The Morgan fingerprint density at radius 2 is 2.43 bits per heavy atom. The van der Waals surface area contributed by atoms with Gasteiger partial charge in [-0.3, -0.25) is 4.79 Å². The Morgan fingerprint density at radius 3 is 2.86 bits per heavy atom. The zero-order chi connectivity index (χ0) is 10.6. The Balaban J connectivity index is 2.52. The van der Waals surface area contributed by atoms with Gasteiger partial charge < -0.3 is 16.2 Å². The number of carbonyl (C=O) groups is 1. The van der Waals surface area contributed by atoms with Crippen molar-refractivity contribution in [2.45, 2.75) is 12.5 Å². The Kier molecular flexibility index (Phi) is 4.19. The van der Waals surface area contributed by atoms with Crippen molar-refractivity contribution in [3.8, 4) is 0 Å². The second-order valence-corrected chi connectivity index (χ2v) is 4.49. The maximum atomic E-state index is 10.4. The zero-order valence-corrected chi connectivity index (χ0v) is 8.94. The minimum absolute atomic E-state index is 0.00597. The van der Waals surface area contributed by atoms with Crippen molar-refractivity contribution in [2.75, 3.05) is 11.9 Å². The van der Waals surface area contributed by atoms with Crippen LogP contribution < -0.4 is 11.1 Å². The summed E-state index contributed by atoms with van der Waals surface area (Å²) in [5.41, 5.74) is 5.42. The molecule has 1 aromatic rings. The number of nitrogens with two attached hydrogens (primary N) is 1. The molecular weight excluding hydrogens is 224 g/mol. The molecule has 1 rings (SSSR count). The van der Waals surface area contributed by atoms with Crippen molar-refractivity contribution in [3.63, 3.8) is 0 Å². The number of aliphatic carboxylic acids is 1. The monoisotopic (exact) mass is 234 g/mol. The molecule has 4 N–H and O–H groups in total. The van der Waals surface area contributed by atoms with Crippen molar-refractivity contribution < 1.29 is 9.90 Å². The molecule has 6 heteroatoms. The van der Waals surface area contributed by atoms with Crippen LogP contribution in [0.1, 0.15) is 6.42 Å². The molecule has 4 nitrogen and oxygen atoms in total. The van der Waals surface area contributed by atoms with Gasteiger partial charge in [0.2, 0.25) is 0 Å². The summed E-state index contributed by atoms with van der Waals surface area (Å²) in [6.07, 6.45) is 0.00597. The third kappa shape index (κ3) is 3.53. The smallest absolute Gasteiger partial charge is 0.305 e. The summed E-state index contributed by atoms with van der Waals surface area (Å²) in [4.78, 5) is 10.4. The van der Waals surface area contributed by atoms with Crippen molar-refractivity contribution in [1.29, 1.82) is 0 Å². The molecule has 0 aliphatic rings. The summed E-state index contributed by atoms with van der Waals surface area (Å²) < 4.78 is 0.665. The summed E-state index contributed by atoms with van der Waals surface area (Å²) in [7, 11) is 0. The number of carboxylic acids is 1. The van der Waals surface area contributed by atoms with E-state index >= 15 is 0 Å². The summed E-state index contributed by atoms with van der Waals surface area (Å²) in [5.74, 6) is -0.865. The number of rotatable bonds is 5. The highest BCUT2D eigenvalue weighted by atomic mass is 35.5. The van der Waals surface area contributed by atoms with Crippen molar-refractivity contribution in [3.05, 3.63) is 16.5 Å². The molecule has 0 saturated heterocycles. The molecule has 1 atom stereocenters. The van der Waals surface area contributed by atoms with Gasteiger partial charge in [-0.1, -0.05) is 11.6 Å². The molecule has 0 fully saturated rings. The van der Waals surface area contributed by atoms with E-state index in [0.29, 0.717) is 4.34 Å². The molecule has 0 bridgehead atoms. The van der Waals surface area contributed by atoms with Crippen LogP contribution in [0.4, 0.5) is 5.00 Å². The first kappa shape index (κ1) is 11.3. The molecular formula is C8H11ClN2O2S. The Morgan fingerprint density at radius 1 is 1.71 bits per heavy atom. The average Bonchev–Trinajstić information content (AvgIpc) is 2.49. The van der Waals surface area contributed by atoms with Gasteiger partial charge in [0, 0.05) is 12.6 Å². The van der Waals surface area contributed by atoms with Crippen LogP contribution in [0.5, 0.6) is 0 Å². The fourth-order valence-corrected chi connectivity index (χ4v) is 2.02. The van der Waals surface area contributed by atoms with E-state index in [1.54, 1.807) is 12.1 Å². The lowest BCUT2D eigenvalue weighted by Gasteiger charge is -2.13. The topological polar surface area (TPSA) is 75.4 Å². The third-order valence-corrected chi connectivity index (χ3v) is 2.79. The number of nitrogens with one attached hydrogen (secondary N) is 1. The van der Waals surface area contributed by atoms with Crippen LogP contribution in [0.2, 0.25) is 4.34 Å². The van der Waals surface area contributed by atoms with Crippen LogP contribution in [0.25, 0.3) is 0 Å². The fourth-order valence-electron chi connectivity index (χ4n) is 0.997. The van der Waals surface area contributed by atoms with Gasteiger partial charge in [0.1, 0.15) is 0 Å². The fraction of sp³-hybridized carbons (Fsp3) is 0.375. The van der Waals surface area contributed by atoms with Gasteiger partial charge in [0.15, 0.2) is 0 Å². The number of hydrogen-bond donors (Lipinski definition) is 3. The molecule has 0 aromatic carbocycles. The van der Waals surface area contributed by atoms with E-state index in [9.17, 15) is 4.79 Å². The second kappa shape index (κ2) is 5.19. The first-order chi connectivity index (χ1) is 6.61. The number of anilines is 1. The van der Waals surface area contributed by atoms with Gasteiger partial charge in [-0.2, -0.15) is 0 Å². The molecule has 1 unspecified atom stereocenters. The van der Waals surface area contributed by atoms with Crippen LogP contribution in [-0.2, 0) is 4.79 Å². The minimum Gasteiger partial charge on any atom is -0.481 e. The summed E-state index contributed by atoms with van der Waals surface area (Å²) in [6, 6.07) is 3.31. The Labute approximate surface area is 90.7 Å². The van der Waals surface area contributed by atoms with Crippen LogP contribution in [0, 0.1) is 0 Å². The van der Waals surface area contributed by atoms with Crippen molar-refractivity contribution in [2.24, 2.45) is 5.73 Å². The van der Waals surface area contributed by atoms with Crippen molar-refractivity contribution in [1.82, 2.24) is 0 Å². The maximum Gasteiger partial charge on any atom is 0.305 e. The zero-order valence-electron chi connectivity index (χ0n) is 7.37. The first-order valence-corrected chi connectivity index (χ1v) is 5.25. The SMILES string of the molecule is NCC(CC(=O)O)Nc1ccc(Cl)s1. The highest BCUT2D eigenvalue weighted by Gasteiger charge is 2.11. The van der Waals surface area contributed by atoms with Gasteiger partial charge in [-0.05, 0) is 12.1 Å². The highest BCUT2D eigenvalue weighted by Crippen LogP contribution is 2.26. The molecule has 0 spiro atoms. The van der Waals surface area contributed by atoms with E-state index in [0.717, 1.165) is 5.00 Å². The van der Waals surface area contributed by atoms with E-state index < -0.39 is 5.97 Å². The summed E-state index contributed by atoms with van der Waals surface area (Å²) >= 11 is 7.09. The van der Waals surface area contributed by atoms with Crippen molar-refractivity contribution >= 4 is 33.9 Å². The van der Waals surface area contributed by atoms with Gasteiger partial charge >= 0.3 is 5.97 Å². The largest absolute Gasteiger partial charge is 0.481 e. The van der Waals surface area contributed by atoms with E-state index in [-0.39, 0.29) is 19.0 Å². The molecule has 0 saturated carbocycles. The maximum absolute atomic E-state index is 10.4. The highest BCUT2D eigenvalue weighted by molar-refractivity contribution is 7.19. The number of thiophene rings is 1. The number of hydrogen-bond acceptors (Lipinski definition) is 4. The van der Waals surface area contributed by atoms with Gasteiger partial charge in [-0.25, -0.2) is 0 Å². The van der Waals surface area contributed by atoms with E-state index in [4.69, 9.17) is 22.4 Å². The molecule has 1 aromatic heterocycles. The molecule has 0 aliphatic carbocycles. The van der Waals surface area contributed by atoms with Crippen LogP contribution >= 0.6 is 22.9 Å². The van der Waals surface area contributed by atoms with E-state index in [1.807, 2.05) is 0 Å².